The van der Waals surface area contributed by atoms with E-state index in [1.807, 2.05) is 0 Å². The fourth-order valence-corrected chi connectivity index (χ4v) is 1.95. The van der Waals surface area contributed by atoms with Crippen LogP contribution in [0.25, 0.3) is 0 Å². The van der Waals surface area contributed by atoms with Gasteiger partial charge >= 0.3 is 5.97 Å². The highest BCUT2D eigenvalue weighted by atomic mass is 79.9. The Labute approximate surface area is 138 Å². The van der Waals surface area contributed by atoms with E-state index < -0.39 is 0 Å². The third kappa shape index (κ3) is 4.42. The highest BCUT2D eigenvalue weighted by molar-refractivity contribution is 5.95. The Morgan fingerprint density at radius 2 is 2.05 bits per heavy atom. The third-order valence-electron chi connectivity index (χ3n) is 3.10. The van der Waals surface area contributed by atoms with Gasteiger partial charge in [-0.2, -0.15) is 0 Å². The number of halogens is 1. The number of esters is 1. The molecule has 2 rings (SSSR count). The molecule has 1 N–H and O–H groups in total. The molecule has 0 amide bonds. The van der Waals surface area contributed by atoms with E-state index in [1.54, 1.807) is 48.3 Å². The first-order valence-corrected chi connectivity index (χ1v) is 6.44. The molecule has 2 aromatic rings. The van der Waals surface area contributed by atoms with Crippen LogP contribution < -0.4 is 26.3 Å². The van der Waals surface area contributed by atoms with Gasteiger partial charge in [0.05, 0.1) is 14.2 Å². The van der Waals surface area contributed by atoms with Crippen LogP contribution in [0.5, 0.6) is 5.75 Å². The van der Waals surface area contributed by atoms with E-state index in [0.29, 0.717) is 17.1 Å². The van der Waals surface area contributed by atoms with E-state index in [9.17, 15) is 9.59 Å². The largest absolute Gasteiger partial charge is 1.00 e. The van der Waals surface area contributed by atoms with E-state index in [0.717, 1.165) is 0 Å². The zero-order chi connectivity index (χ0) is 15.2. The van der Waals surface area contributed by atoms with Gasteiger partial charge in [0.25, 0.3) is 5.82 Å². The number of ether oxygens (including phenoxy) is 2. The van der Waals surface area contributed by atoms with E-state index in [-0.39, 0.29) is 41.7 Å². The van der Waals surface area contributed by atoms with Crippen LogP contribution in [0.2, 0.25) is 0 Å². The monoisotopic (exact) mass is 368 g/mol. The van der Waals surface area contributed by atoms with E-state index in [4.69, 9.17) is 4.74 Å². The van der Waals surface area contributed by atoms with Crippen molar-refractivity contribution in [2.45, 2.75) is 13.0 Å². The van der Waals surface area contributed by atoms with Crippen molar-refractivity contribution in [3.63, 3.8) is 0 Å². The summed E-state index contributed by atoms with van der Waals surface area (Å²) < 4.78 is 11.4. The minimum absolute atomic E-state index is 0. The standard InChI is InChI=1S/C15H16N2O4.BrH/c1-20-12-5-3-4-11(8-12)13(18)10-17-7-6-16-14(17)9-15(19)21-2;/h3-8H,9-10H2,1-2H3;1H. The molecule has 7 heteroatoms. The van der Waals surface area contributed by atoms with Crippen LogP contribution in [0.3, 0.4) is 0 Å². The molecular weight excluding hydrogens is 352 g/mol. The molecule has 6 nitrogen and oxygen atoms in total. The molecule has 1 heterocycles. The fourth-order valence-electron chi connectivity index (χ4n) is 1.95. The van der Waals surface area contributed by atoms with Crippen LogP contribution in [0.4, 0.5) is 0 Å². The summed E-state index contributed by atoms with van der Waals surface area (Å²) in [5, 5.41) is 0. The van der Waals surface area contributed by atoms with Crippen molar-refractivity contribution >= 4 is 11.8 Å². The van der Waals surface area contributed by atoms with Gasteiger partial charge in [-0.3, -0.25) is 9.59 Å². The van der Waals surface area contributed by atoms with Gasteiger partial charge in [0.1, 0.15) is 24.6 Å². The van der Waals surface area contributed by atoms with Crippen molar-refractivity contribution in [3.05, 3.63) is 48.0 Å². The van der Waals surface area contributed by atoms with Gasteiger partial charge in [-0.15, -0.1) is 0 Å². The lowest BCUT2D eigenvalue weighted by molar-refractivity contribution is -0.688. The predicted molar refractivity (Wildman–Crippen MR) is 74.0 cm³/mol. The molecule has 0 fully saturated rings. The highest BCUT2D eigenvalue weighted by Crippen LogP contribution is 2.13. The maximum atomic E-state index is 12.3. The lowest BCUT2D eigenvalue weighted by Gasteiger charge is -2.03. The predicted octanol–water partition coefficient (Wildman–Crippen LogP) is -2.09. The van der Waals surface area contributed by atoms with Gasteiger partial charge in [-0.05, 0) is 12.1 Å². The van der Waals surface area contributed by atoms with E-state index in [2.05, 4.69) is 9.72 Å². The number of rotatable bonds is 6. The van der Waals surface area contributed by atoms with Gasteiger partial charge in [-0.25, -0.2) is 9.55 Å². The summed E-state index contributed by atoms with van der Waals surface area (Å²) in [5.74, 6) is 0.831. The Hall–Kier alpha value is -2.15. The van der Waals surface area contributed by atoms with Gasteiger partial charge < -0.3 is 26.5 Å². The first kappa shape index (κ1) is 17.9. The molecule has 0 aliphatic heterocycles. The number of H-pyrrole nitrogens is 1. The molecule has 0 saturated heterocycles. The van der Waals surface area contributed by atoms with Gasteiger partial charge in [0, 0.05) is 5.56 Å². The van der Waals surface area contributed by atoms with Crippen LogP contribution in [0.15, 0.2) is 36.7 Å². The molecule has 0 unspecified atom stereocenters. The van der Waals surface area contributed by atoms with E-state index in [1.165, 1.54) is 7.11 Å². The van der Waals surface area contributed by atoms with Crippen LogP contribution in [-0.4, -0.2) is 31.0 Å². The topological polar surface area (TPSA) is 72.3 Å². The second-order valence-electron chi connectivity index (χ2n) is 4.44. The summed E-state index contributed by atoms with van der Waals surface area (Å²) in [4.78, 5) is 26.5. The quantitative estimate of drug-likeness (QED) is 0.360. The number of hydrogen-bond acceptors (Lipinski definition) is 4. The zero-order valence-corrected chi connectivity index (χ0v) is 13.9. The molecule has 0 bridgehead atoms. The number of nitrogens with one attached hydrogen (secondary N) is 1. The summed E-state index contributed by atoms with van der Waals surface area (Å²) in [7, 11) is 2.88. The molecule has 0 radical (unpaired) electrons. The normalized spacial score (nSPS) is 9.73. The maximum absolute atomic E-state index is 12.3. The number of carbonyl (C=O) groups is 2. The fraction of sp³-hybridized carbons (Fsp3) is 0.267. The number of aromatic amines is 1. The van der Waals surface area contributed by atoms with E-state index >= 15 is 0 Å². The lowest BCUT2D eigenvalue weighted by atomic mass is 10.1. The number of benzene rings is 1. The highest BCUT2D eigenvalue weighted by Gasteiger charge is 2.19. The second kappa shape index (κ2) is 8.33. The first-order valence-electron chi connectivity index (χ1n) is 6.44. The molecule has 0 aliphatic rings. The molecule has 1 aromatic heterocycles. The number of imidazole rings is 1. The Bertz CT molecular complexity index is 654. The second-order valence-corrected chi connectivity index (χ2v) is 4.44. The van der Waals surface area contributed by atoms with Crippen molar-refractivity contribution in [1.29, 1.82) is 0 Å². The average Bonchev–Trinajstić information content (AvgIpc) is 2.94. The summed E-state index contributed by atoms with van der Waals surface area (Å²) in [6.45, 7) is 0.142. The number of nitrogens with zero attached hydrogens (tertiary/aromatic N) is 1. The number of aromatic nitrogens is 2. The van der Waals surface area contributed by atoms with Gasteiger partial charge in [0.15, 0.2) is 6.54 Å². The molecular formula is C15H17BrN2O4. The minimum Gasteiger partial charge on any atom is -1.00 e. The smallest absolute Gasteiger partial charge is 0.317 e. The summed E-state index contributed by atoms with van der Waals surface area (Å²) in [5.41, 5.74) is 0.562. The molecule has 0 spiro atoms. The van der Waals surface area contributed by atoms with Gasteiger partial charge in [0.2, 0.25) is 5.78 Å². The first-order chi connectivity index (χ1) is 10.1. The SMILES string of the molecule is COC(=O)Cc1[nH]cc[n+]1CC(=O)c1cccc(OC)c1.[Br-]. The average molecular weight is 369 g/mol. The number of ketones is 1. The lowest BCUT2D eigenvalue weighted by Crippen LogP contribution is -3.00. The molecule has 22 heavy (non-hydrogen) atoms. The Kier molecular flexibility index (Phi) is 6.78. The van der Waals surface area contributed by atoms with Crippen LogP contribution >= 0.6 is 0 Å². The van der Waals surface area contributed by atoms with Crippen LogP contribution in [-0.2, 0) is 22.5 Å². The van der Waals surface area contributed by atoms with Crippen molar-refractivity contribution in [2.75, 3.05) is 14.2 Å². The summed E-state index contributed by atoms with van der Waals surface area (Å²) in [6.07, 6.45) is 3.49. The Balaban J connectivity index is 0.00000242. The van der Waals surface area contributed by atoms with Crippen molar-refractivity contribution in [2.24, 2.45) is 0 Å². The zero-order valence-electron chi connectivity index (χ0n) is 12.3. The molecule has 118 valence electrons. The molecule has 0 aliphatic carbocycles. The third-order valence-corrected chi connectivity index (χ3v) is 3.10. The number of hydrogen-bond donors (Lipinski definition) is 1. The molecule has 1 aromatic carbocycles. The maximum Gasteiger partial charge on any atom is 0.317 e. The van der Waals surface area contributed by atoms with Gasteiger partial charge in [-0.1, -0.05) is 12.1 Å². The van der Waals surface area contributed by atoms with Crippen molar-refractivity contribution < 1.29 is 40.6 Å². The molecule has 0 atom stereocenters. The Morgan fingerprint density at radius 3 is 2.73 bits per heavy atom. The number of carbonyl (C=O) groups excluding carboxylic acids is 2. The van der Waals surface area contributed by atoms with Crippen LogP contribution in [0.1, 0.15) is 16.2 Å². The summed E-state index contributed by atoms with van der Waals surface area (Å²) >= 11 is 0. The number of methoxy groups -OCH3 is 2. The van der Waals surface area contributed by atoms with Crippen molar-refractivity contribution in [1.82, 2.24) is 4.98 Å². The number of Topliss-reactive ketones (excluding diaryl/α,β-unsaturated/α-hetero) is 1. The van der Waals surface area contributed by atoms with Crippen LogP contribution in [0, 0.1) is 0 Å². The minimum atomic E-state index is -0.361. The van der Waals surface area contributed by atoms with Crippen molar-refractivity contribution in [3.8, 4) is 5.75 Å². The summed E-state index contributed by atoms with van der Waals surface area (Å²) in [6, 6.07) is 6.97. The molecule has 0 saturated carbocycles. The Morgan fingerprint density at radius 1 is 1.27 bits per heavy atom.